The van der Waals surface area contributed by atoms with Crippen molar-refractivity contribution in [2.45, 2.75) is 43.9 Å². The molecule has 0 aliphatic carbocycles. The average molecular weight is 474 g/mol. The number of carbonyl (C=O) groups is 1. The molecule has 15 nitrogen and oxygen atoms in total. The normalized spacial score (nSPS) is 24.4. The van der Waals surface area contributed by atoms with Gasteiger partial charge < -0.3 is 35.5 Å². The summed E-state index contributed by atoms with van der Waals surface area (Å²) in [7, 11) is -5.20. The summed E-state index contributed by atoms with van der Waals surface area (Å²) >= 11 is 0. The van der Waals surface area contributed by atoms with Crippen molar-refractivity contribution < 1.29 is 34.1 Å². The number of aromatic nitrogens is 4. The van der Waals surface area contributed by atoms with E-state index in [1.54, 1.807) is 0 Å². The van der Waals surface area contributed by atoms with Crippen LogP contribution in [0.4, 0.5) is 0 Å². The first-order valence-electron chi connectivity index (χ1n) is 9.34. The van der Waals surface area contributed by atoms with Gasteiger partial charge in [-0.25, -0.2) is 19.0 Å². The molecule has 1 fully saturated rings. The van der Waals surface area contributed by atoms with Gasteiger partial charge in [0.1, 0.15) is 18.3 Å². The summed E-state index contributed by atoms with van der Waals surface area (Å²) in [5, 5.41) is 20.7. The lowest BCUT2D eigenvalue weighted by Crippen LogP contribution is -2.48. The molecule has 8 N–H and O–H groups in total. The van der Waals surface area contributed by atoms with E-state index in [0.29, 0.717) is 5.69 Å². The molecule has 0 saturated carbocycles. The third-order valence-electron chi connectivity index (χ3n) is 4.99. The molecule has 176 valence electrons. The Hall–Kier alpha value is -2.65. The van der Waals surface area contributed by atoms with Crippen molar-refractivity contribution in [3.63, 3.8) is 0 Å². The maximum Gasteiger partial charge on any atom is 0.432 e. The van der Waals surface area contributed by atoms with E-state index in [-0.39, 0.29) is 16.7 Å². The second-order valence-electron chi connectivity index (χ2n) is 7.35. The van der Waals surface area contributed by atoms with Crippen molar-refractivity contribution in [1.29, 1.82) is 0 Å². The van der Waals surface area contributed by atoms with Gasteiger partial charge in [0.2, 0.25) is 5.91 Å². The summed E-state index contributed by atoms with van der Waals surface area (Å²) in [6, 6.07) is -1.35. The van der Waals surface area contributed by atoms with E-state index in [2.05, 4.69) is 9.97 Å². The van der Waals surface area contributed by atoms with Crippen molar-refractivity contribution in [2.75, 3.05) is 6.54 Å². The number of H-pyrrole nitrogens is 2. The Morgan fingerprint density at radius 1 is 1.38 bits per heavy atom. The molecule has 0 spiro atoms. The van der Waals surface area contributed by atoms with Crippen LogP contribution in [0.3, 0.4) is 0 Å². The van der Waals surface area contributed by atoms with Crippen LogP contribution < -0.4 is 17.0 Å². The van der Waals surface area contributed by atoms with Crippen molar-refractivity contribution in [3.05, 3.63) is 50.8 Å². The number of hydrogen-bond donors (Lipinski definition) is 7. The van der Waals surface area contributed by atoms with Crippen molar-refractivity contribution >= 4 is 13.7 Å². The molecule has 1 aliphatic heterocycles. The van der Waals surface area contributed by atoms with Crippen LogP contribution in [0, 0.1) is 6.92 Å². The number of rotatable bonds is 7. The van der Waals surface area contributed by atoms with E-state index in [4.69, 9.17) is 10.5 Å². The highest BCUT2D eigenvalue weighted by molar-refractivity contribution is 7.49. The van der Waals surface area contributed by atoms with Crippen molar-refractivity contribution in [1.82, 2.24) is 24.2 Å². The molecule has 2 aromatic rings. The number of aromatic amines is 2. The van der Waals surface area contributed by atoms with Crippen LogP contribution in [0.2, 0.25) is 0 Å². The number of hydrogen-bond acceptors (Lipinski definition) is 9. The SMILES string of the molecule is Cc1cn([C@H]2O[C@@H](CN(C(=O)[C@@H](N)Cc3cnc[nH]3)P(=O)(O)O)C(O)C2O)c(=O)[nH]c1=O. The summed E-state index contributed by atoms with van der Waals surface area (Å²) in [6.45, 7) is 0.574. The fourth-order valence-electron chi connectivity index (χ4n) is 3.29. The second-order valence-corrected chi connectivity index (χ2v) is 8.86. The molecule has 1 saturated heterocycles. The first kappa shape index (κ1) is 24.0. The smallest absolute Gasteiger partial charge is 0.387 e. The highest BCUT2D eigenvalue weighted by Gasteiger charge is 2.47. The molecule has 0 bridgehead atoms. The van der Waals surface area contributed by atoms with Gasteiger partial charge in [0.05, 0.1) is 18.9 Å². The lowest BCUT2D eigenvalue weighted by molar-refractivity contribution is -0.131. The Labute approximate surface area is 179 Å². The number of ether oxygens (including phenoxy) is 1. The summed E-state index contributed by atoms with van der Waals surface area (Å²) in [6.07, 6.45) is -2.63. The van der Waals surface area contributed by atoms with Gasteiger partial charge >= 0.3 is 13.4 Å². The Kier molecular flexibility index (Phi) is 6.80. The molecular weight excluding hydrogens is 451 g/mol. The molecule has 32 heavy (non-hydrogen) atoms. The number of nitrogens with zero attached hydrogens (tertiary/aromatic N) is 3. The highest BCUT2D eigenvalue weighted by atomic mass is 31.2. The predicted octanol–water partition coefficient (Wildman–Crippen LogP) is -3.32. The van der Waals surface area contributed by atoms with E-state index in [1.807, 2.05) is 4.98 Å². The molecule has 0 aromatic carbocycles. The topological polar surface area (TPSA) is 237 Å². The van der Waals surface area contributed by atoms with Crippen molar-refractivity contribution in [2.24, 2.45) is 5.73 Å². The molecule has 3 rings (SSSR count). The molecule has 1 aliphatic rings. The molecule has 5 atom stereocenters. The minimum absolute atomic E-state index is 0.0965. The van der Waals surface area contributed by atoms with Crippen LogP contribution in [0.25, 0.3) is 0 Å². The van der Waals surface area contributed by atoms with Gasteiger partial charge in [-0.3, -0.25) is 19.1 Å². The van der Waals surface area contributed by atoms with Crippen LogP contribution in [0.1, 0.15) is 17.5 Å². The van der Waals surface area contributed by atoms with Gasteiger partial charge in [-0.1, -0.05) is 0 Å². The fourth-order valence-corrected chi connectivity index (χ4v) is 4.07. The third-order valence-corrected chi connectivity index (χ3v) is 5.98. The highest BCUT2D eigenvalue weighted by Crippen LogP contribution is 2.42. The van der Waals surface area contributed by atoms with E-state index in [0.717, 1.165) is 10.8 Å². The zero-order valence-corrected chi connectivity index (χ0v) is 17.6. The van der Waals surface area contributed by atoms with Gasteiger partial charge in [0.15, 0.2) is 6.23 Å². The van der Waals surface area contributed by atoms with E-state index in [9.17, 15) is 38.9 Å². The molecule has 16 heteroatoms. The number of aliphatic hydroxyl groups is 2. The van der Waals surface area contributed by atoms with Crippen LogP contribution in [0.5, 0.6) is 0 Å². The summed E-state index contributed by atoms with van der Waals surface area (Å²) in [5.74, 6) is -1.13. The Morgan fingerprint density at radius 2 is 2.06 bits per heavy atom. The summed E-state index contributed by atoms with van der Waals surface area (Å²) in [4.78, 5) is 64.2. The standard InChI is InChI=1S/C16H23N6O9P/c1-7-4-21(16(27)20-13(7)25)15-12(24)11(23)10(31-15)5-22(32(28,29)30)14(26)9(17)2-8-3-18-6-19-8/h3-4,6,9-12,15,23-24H,2,5,17H2,1H3,(H,18,19)(H,20,25,27)(H2,28,29,30)/t9-,10-,11?,12?,15-/m0/s1. The minimum Gasteiger partial charge on any atom is -0.387 e. The molecular formula is C16H23N6O9P. The van der Waals surface area contributed by atoms with Gasteiger partial charge in [-0.15, -0.1) is 0 Å². The predicted molar refractivity (Wildman–Crippen MR) is 106 cm³/mol. The second kappa shape index (κ2) is 9.07. The molecule has 0 radical (unpaired) electrons. The summed E-state index contributed by atoms with van der Waals surface area (Å²) in [5.41, 5.74) is 4.79. The number of nitrogens with two attached hydrogens (primary N) is 1. The Morgan fingerprint density at radius 3 is 2.66 bits per heavy atom. The van der Waals surface area contributed by atoms with Crippen LogP contribution in [0.15, 0.2) is 28.3 Å². The average Bonchev–Trinajstić information content (AvgIpc) is 3.31. The number of carbonyl (C=O) groups excluding carboxylic acids is 1. The van der Waals surface area contributed by atoms with Gasteiger partial charge in [-0.05, 0) is 6.92 Å². The lowest BCUT2D eigenvalue weighted by atomic mass is 10.1. The minimum atomic E-state index is -5.20. The molecule has 2 unspecified atom stereocenters. The third kappa shape index (κ3) is 4.88. The molecule has 1 amide bonds. The van der Waals surface area contributed by atoms with Crippen LogP contribution in [-0.2, 0) is 20.5 Å². The van der Waals surface area contributed by atoms with Gasteiger partial charge in [0, 0.05) is 30.1 Å². The maximum absolute atomic E-state index is 12.7. The van der Waals surface area contributed by atoms with Gasteiger partial charge in [-0.2, -0.15) is 0 Å². The molecule has 3 heterocycles. The van der Waals surface area contributed by atoms with E-state index >= 15 is 0 Å². The Bertz CT molecular complexity index is 1130. The number of amides is 1. The first-order valence-corrected chi connectivity index (χ1v) is 10.9. The number of imidazole rings is 1. The summed E-state index contributed by atoms with van der Waals surface area (Å²) < 4.78 is 18.4. The molecule has 2 aromatic heterocycles. The quantitative estimate of drug-likeness (QED) is 0.196. The van der Waals surface area contributed by atoms with E-state index in [1.165, 1.54) is 19.4 Å². The maximum atomic E-state index is 12.7. The van der Waals surface area contributed by atoms with Crippen LogP contribution >= 0.6 is 7.75 Å². The first-order chi connectivity index (χ1) is 14.9. The van der Waals surface area contributed by atoms with E-state index < -0.39 is 62.0 Å². The monoisotopic (exact) mass is 474 g/mol. The Balaban J connectivity index is 1.82. The van der Waals surface area contributed by atoms with Crippen molar-refractivity contribution in [3.8, 4) is 0 Å². The largest absolute Gasteiger partial charge is 0.432 e. The fraction of sp³-hybridized carbons (Fsp3) is 0.500. The number of aliphatic hydroxyl groups excluding tert-OH is 2. The zero-order chi connectivity index (χ0) is 23.8. The van der Waals surface area contributed by atoms with Gasteiger partial charge in [0.25, 0.3) is 5.56 Å². The zero-order valence-electron chi connectivity index (χ0n) is 16.7. The lowest BCUT2D eigenvalue weighted by Gasteiger charge is -2.29. The number of aryl methyl sites for hydroxylation is 1. The number of nitrogens with one attached hydrogen (secondary N) is 2. The van der Waals surface area contributed by atoms with Crippen LogP contribution in [-0.4, -0.2) is 81.0 Å².